The first kappa shape index (κ1) is 19.5. The molecule has 1 unspecified atom stereocenters. The van der Waals surface area contributed by atoms with Crippen LogP contribution in [0, 0.1) is 0 Å². The molecule has 0 aliphatic heterocycles. The number of rotatable bonds is 9. The van der Waals surface area contributed by atoms with E-state index in [4.69, 9.17) is 32.7 Å². The van der Waals surface area contributed by atoms with E-state index >= 15 is 0 Å². The van der Waals surface area contributed by atoms with Crippen molar-refractivity contribution in [2.75, 3.05) is 25.6 Å². The molecule has 1 atom stereocenters. The lowest BCUT2D eigenvalue weighted by Crippen LogP contribution is -2.14. The molecule has 0 aliphatic carbocycles. The van der Waals surface area contributed by atoms with Gasteiger partial charge in [-0.25, -0.2) is 4.98 Å². The number of ether oxygens (including phenoxy) is 2. The lowest BCUT2D eigenvalue weighted by atomic mass is 10.1. The number of halogens is 2. The van der Waals surface area contributed by atoms with Gasteiger partial charge >= 0.3 is 0 Å². The fourth-order valence-electron chi connectivity index (χ4n) is 2.60. The van der Waals surface area contributed by atoms with Crippen LogP contribution in [0.3, 0.4) is 0 Å². The minimum atomic E-state index is -0.365. The van der Waals surface area contributed by atoms with Gasteiger partial charge in [0.15, 0.2) is 6.10 Å². The largest absolute Gasteiger partial charge is 0.466 e. The fourth-order valence-corrected chi connectivity index (χ4v) is 3.17. The number of nitrogens with zero attached hydrogens (tertiary/aromatic N) is 2. The molecule has 0 radical (unpaired) electrons. The van der Waals surface area contributed by atoms with Gasteiger partial charge in [-0.1, -0.05) is 29.3 Å². The quantitative estimate of drug-likeness (QED) is 0.510. The maximum Gasteiger partial charge on any atom is 0.215 e. The van der Waals surface area contributed by atoms with Gasteiger partial charge in [0, 0.05) is 48.6 Å². The summed E-state index contributed by atoms with van der Waals surface area (Å²) in [7, 11) is 1.66. The fraction of sp³-hybridized carbons (Fsp3) is 0.263. The summed E-state index contributed by atoms with van der Waals surface area (Å²) < 4.78 is 11.2. The van der Waals surface area contributed by atoms with Crippen molar-refractivity contribution in [3.05, 3.63) is 70.2 Å². The van der Waals surface area contributed by atoms with Crippen LogP contribution in [0.15, 0.2) is 48.8 Å². The van der Waals surface area contributed by atoms with Gasteiger partial charge in [-0.3, -0.25) is 0 Å². The predicted molar refractivity (Wildman–Crippen MR) is 107 cm³/mol. The van der Waals surface area contributed by atoms with Gasteiger partial charge in [0.05, 0.1) is 6.61 Å². The second-order valence-corrected chi connectivity index (χ2v) is 6.72. The summed E-state index contributed by atoms with van der Waals surface area (Å²) in [5, 5.41) is 4.35. The first-order chi connectivity index (χ1) is 13.1. The van der Waals surface area contributed by atoms with Crippen molar-refractivity contribution in [2.45, 2.75) is 12.5 Å². The Hall–Kier alpha value is -2.28. The molecule has 3 aromatic rings. The average molecular weight is 407 g/mol. The number of anilines is 1. The van der Waals surface area contributed by atoms with E-state index in [1.165, 1.54) is 0 Å². The minimum Gasteiger partial charge on any atom is -0.466 e. The Balaban J connectivity index is 1.77. The standard InChI is InChI=1S/C19H20Cl2N4O2/c1-26-8-7-22-17-3-2-4-18(25-17)27-16(19-23-5-6-24-19)11-13-9-14(20)12-15(21)10-13/h2-6,9-10,12,16H,7-8,11H2,1H3,(H,22,25)(H,23,24). The van der Waals surface area contributed by atoms with Crippen molar-refractivity contribution in [2.24, 2.45) is 0 Å². The highest BCUT2D eigenvalue weighted by molar-refractivity contribution is 6.34. The van der Waals surface area contributed by atoms with Gasteiger partial charge < -0.3 is 19.8 Å². The lowest BCUT2D eigenvalue weighted by molar-refractivity contribution is 0.189. The van der Waals surface area contributed by atoms with E-state index in [0.717, 1.165) is 5.56 Å². The molecule has 0 amide bonds. The number of hydrogen-bond donors (Lipinski definition) is 2. The van der Waals surface area contributed by atoms with Crippen LogP contribution in [0.25, 0.3) is 0 Å². The van der Waals surface area contributed by atoms with Crippen LogP contribution < -0.4 is 10.1 Å². The summed E-state index contributed by atoms with van der Waals surface area (Å²) in [5.74, 6) is 1.91. The molecule has 2 aromatic heterocycles. The van der Waals surface area contributed by atoms with Crippen LogP contribution in [-0.2, 0) is 11.2 Å². The average Bonchev–Trinajstić information content (AvgIpc) is 3.16. The van der Waals surface area contributed by atoms with Crippen molar-refractivity contribution >= 4 is 29.0 Å². The molecular weight excluding hydrogens is 387 g/mol. The summed E-state index contributed by atoms with van der Waals surface area (Å²) in [6.07, 6.45) is 3.62. The molecule has 0 bridgehead atoms. The number of aromatic amines is 1. The molecule has 2 heterocycles. The van der Waals surface area contributed by atoms with Gasteiger partial charge in [-0.15, -0.1) is 0 Å². The zero-order valence-corrected chi connectivity index (χ0v) is 16.3. The van der Waals surface area contributed by atoms with E-state index in [1.807, 2.05) is 30.3 Å². The maximum atomic E-state index is 6.13. The van der Waals surface area contributed by atoms with Crippen molar-refractivity contribution in [1.29, 1.82) is 0 Å². The molecular formula is C19H20Cl2N4O2. The highest BCUT2D eigenvalue weighted by Gasteiger charge is 2.18. The highest BCUT2D eigenvalue weighted by Crippen LogP contribution is 2.26. The van der Waals surface area contributed by atoms with E-state index in [-0.39, 0.29) is 6.10 Å². The number of imidazole rings is 1. The topological polar surface area (TPSA) is 72.1 Å². The third-order valence-electron chi connectivity index (χ3n) is 3.77. The monoisotopic (exact) mass is 406 g/mol. The molecule has 0 saturated heterocycles. The molecule has 0 spiro atoms. The van der Waals surface area contributed by atoms with Crippen molar-refractivity contribution < 1.29 is 9.47 Å². The summed E-state index contributed by atoms with van der Waals surface area (Å²) in [6, 6.07) is 11.0. The summed E-state index contributed by atoms with van der Waals surface area (Å²) in [6.45, 7) is 1.26. The Morgan fingerprint density at radius 3 is 2.70 bits per heavy atom. The number of aromatic nitrogens is 3. The highest BCUT2D eigenvalue weighted by atomic mass is 35.5. The van der Waals surface area contributed by atoms with Crippen molar-refractivity contribution in [3.63, 3.8) is 0 Å². The second-order valence-electron chi connectivity index (χ2n) is 5.84. The molecule has 2 N–H and O–H groups in total. The van der Waals surface area contributed by atoms with E-state index in [2.05, 4.69) is 20.3 Å². The SMILES string of the molecule is COCCNc1cccc(OC(Cc2cc(Cl)cc(Cl)c2)c2ncc[nH]2)n1. The van der Waals surface area contributed by atoms with Gasteiger partial charge in [-0.2, -0.15) is 4.98 Å². The van der Waals surface area contributed by atoms with E-state index in [1.54, 1.807) is 25.6 Å². The molecule has 1 aromatic carbocycles. The van der Waals surface area contributed by atoms with Gasteiger partial charge in [-0.05, 0) is 29.8 Å². The molecule has 3 rings (SSSR count). The third-order valence-corrected chi connectivity index (χ3v) is 4.20. The van der Waals surface area contributed by atoms with Crippen molar-refractivity contribution in [3.8, 4) is 5.88 Å². The third kappa shape index (κ3) is 5.85. The molecule has 142 valence electrons. The smallest absolute Gasteiger partial charge is 0.215 e. The molecule has 0 aliphatic rings. The van der Waals surface area contributed by atoms with Crippen LogP contribution in [-0.4, -0.2) is 35.2 Å². The second kappa shape index (κ2) is 9.60. The zero-order valence-electron chi connectivity index (χ0n) is 14.8. The first-order valence-electron chi connectivity index (χ1n) is 8.45. The van der Waals surface area contributed by atoms with Crippen LogP contribution in [0.4, 0.5) is 5.82 Å². The van der Waals surface area contributed by atoms with Crippen LogP contribution in [0.5, 0.6) is 5.88 Å². The number of H-pyrrole nitrogens is 1. The van der Waals surface area contributed by atoms with Gasteiger partial charge in [0.2, 0.25) is 5.88 Å². The Bertz CT molecular complexity index is 838. The Kier molecular flexibility index (Phi) is 6.92. The molecule has 8 heteroatoms. The van der Waals surface area contributed by atoms with E-state index < -0.39 is 0 Å². The van der Waals surface area contributed by atoms with Gasteiger partial charge in [0.1, 0.15) is 11.6 Å². The number of methoxy groups -OCH3 is 1. The first-order valence-corrected chi connectivity index (χ1v) is 9.20. The summed E-state index contributed by atoms with van der Waals surface area (Å²) in [5.41, 5.74) is 0.947. The van der Waals surface area contributed by atoms with Crippen LogP contribution >= 0.6 is 23.2 Å². The number of hydrogen-bond acceptors (Lipinski definition) is 5. The maximum absolute atomic E-state index is 6.13. The van der Waals surface area contributed by atoms with E-state index in [0.29, 0.717) is 47.1 Å². The summed E-state index contributed by atoms with van der Waals surface area (Å²) >= 11 is 12.2. The molecule has 0 saturated carbocycles. The molecule has 0 fully saturated rings. The van der Waals surface area contributed by atoms with E-state index in [9.17, 15) is 0 Å². The van der Waals surface area contributed by atoms with Crippen LogP contribution in [0.1, 0.15) is 17.5 Å². The lowest BCUT2D eigenvalue weighted by Gasteiger charge is -2.18. The molecule has 6 nitrogen and oxygen atoms in total. The van der Waals surface area contributed by atoms with Gasteiger partial charge in [0.25, 0.3) is 0 Å². The Labute approximate surface area is 167 Å². The number of pyridine rings is 1. The summed E-state index contributed by atoms with van der Waals surface area (Å²) in [4.78, 5) is 11.9. The predicted octanol–water partition coefficient (Wildman–Crippen LogP) is 4.53. The Morgan fingerprint density at radius 1 is 1.19 bits per heavy atom. The minimum absolute atomic E-state index is 0.365. The normalized spacial score (nSPS) is 12.0. The Morgan fingerprint density at radius 2 is 2.00 bits per heavy atom. The number of benzene rings is 1. The number of nitrogens with one attached hydrogen (secondary N) is 2. The molecule has 27 heavy (non-hydrogen) atoms. The van der Waals surface area contributed by atoms with Crippen LogP contribution in [0.2, 0.25) is 10.0 Å². The zero-order chi connectivity index (χ0) is 19.1. The van der Waals surface area contributed by atoms with Crippen molar-refractivity contribution in [1.82, 2.24) is 15.0 Å².